The van der Waals surface area contributed by atoms with Crippen molar-refractivity contribution in [3.05, 3.63) is 30.1 Å². The van der Waals surface area contributed by atoms with Gasteiger partial charge in [0.15, 0.2) is 0 Å². The zero-order valence-electron chi connectivity index (χ0n) is 9.32. The first kappa shape index (κ1) is 12.1. The van der Waals surface area contributed by atoms with Crippen LogP contribution in [0.15, 0.2) is 24.5 Å². The number of aliphatic hydroxyl groups excluding tert-OH is 1. The molecule has 0 aliphatic carbocycles. The van der Waals surface area contributed by atoms with Gasteiger partial charge >= 0.3 is 0 Å². The van der Waals surface area contributed by atoms with Gasteiger partial charge in [0.1, 0.15) is 0 Å². The number of nitrogens with zero attached hydrogens (tertiary/aromatic N) is 1. The highest BCUT2D eigenvalue weighted by molar-refractivity contribution is 5.09. The molecule has 0 aliphatic rings. The van der Waals surface area contributed by atoms with Gasteiger partial charge < -0.3 is 10.4 Å². The molecule has 0 radical (unpaired) electrons. The highest BCUT2D eigenvalue weighted by atomic mass is 16.3. The van der Waals surface area contributed by atoms with Gasteiger partial charge in [-0.3, -0.25) is 4.98 Å². The number of pyridine rings is 1. The Kier molecular flexibility index (Phi) is 5.97. The molecule has 0 spiro atoms. The van der Waals surface area contributed by atoms with E-state index in [0.717, 1.165) is 25.8 Å². The zero-order chi connectivity index (χ0) is 10.9. The van der Waals surface area contributed by atoms with Crippen molar-refractivity contribution in [2.75, 3.05) is 13.1 Å². The van der Waals surface area contributed by atoms with E-state index >= 15 is 0 Å². The molecule has 84 valence electrons. The van der Waals surface area contributed by atoms with Crippen LogP contribution in [0.4, 0.5) is 0 Å². The quantitative estimate of drug-likeness (QED) is 0.665. The van der Waals surface area contributed by atoms with Gasteiger partial charge in [-0.05, 0) is 37.1 Å². The van der Waals surface area contributed by atoms with Crippen LogP contribution in [0.25, 0.3) is 0 Å². The van der Waals surface area contributed by atoms with E-state index in [1.165, 1.54) is 5.56 Å². The van der Waals surface area contributed by atoms with E-state index in [0.29, 0.717) is 6.54 Å². The van der Waals surface area contributed by atoms with Crippen molar-refractivity contribution in [3.63, 3.8) is 0 Å². The summed E-state index contributed by atoms with van der Waals surface area (Å²) in [6.07, 6.45) is 6.31. The third-order valence-electron chi connectivity index (χ3n) is 2.34. The summed E-state index contributed by atoms with van der Waals surface area (Å²) in [6, 6.07) is 4.04. The van der Waals surface area contributed by atoms with Crippen LogP contribution in [-0.2, 0) is 6.42 Å². The molecule has 0 aromatic carbocycles. The number of hydrogen-bond donors (Lipinski definition) is 2. The largest absolute Gasteiger partial charge is 0.392 e. The summed E-state index contributed by atoms with van der Waals surface area (Å²) in [5.74, 6) is 0. The standard InChI is InChI=1S/C12H20N2O/c1-2-3-12(15)10-14-9-6-11-4-7-13-8-5-11/h4-5,7-8,12,14-15H,2-3,6,9-10H2,1H3. The molecule has 3 nitrogen and oxygen atoms in total. The summed E-state index contributed by atoms with van der Waals surface area (Å²) in [5.41, 5.74) is 1.28. The van der Waals surface area contributed by atoms with Crippen molar-refractivity contribution >= 4 is 0 Å². The molecule has 0 saturated carbocycles. The van der Waals surface area contributed by atoms with Crippen LogP contribution >= 0.6 is 0 Å². The summed E-state index contributed by atoms with van der Waals surface area (Å²) in [5, 5.41) is 12.7. The van der Waals surface area contributed by atoms with Crippen molar-refractivity contribution in [2.24, 2.45) is 0 Å². The lowest BCUT2D eigenvalue weighted by Crippen LogP contribution is -2.28. The van der Waals surface area contributed by atoms with Crippen molar-refractivity contribution in [2.45, 2.75) is 32.3 Å². The van der Waals surface area contributed by atoms with Crippen molar-refractivity contribution in [1.82, 2.24) is 10.3 Å². The van der Waals surface area contributed by atoms with Crippen molar-refractivity contribution in [3.8, 4) is 0 Å². The van der Waals surface area contributed by atoms with Crippen LogP contribution in [0.2, 0.25) is 0 Å². The molecule has 1 atom stereocenters. The minimum absolute atomic E-state index is 0.201. The Morgan fingerprint density at radius 1 is 1.40 bits per heavy atom. The van der Waals surface area contributed by atoms with Gasteiger partial charge in [-0.25, -0.2) is 0 Å². The van der Waals surface area contributed by atoms with Crippen molar-refractivity contribution in [1.29, 1.82) is 0 Å². The summed E-state index contributed by atoms with van der Waals surface area (Å²) < 4.78 is 0. The van der Waals surface area contributed by atoms with E-state index in [9.17, 15) is 5.11 Å². The maximum absolute atomic E-state index is 9.47. The Balaban J connectivity index is 2.07. The summed E-state index contributed by atoms with van der Waals surface area (Å²) in [7, 11) is 0. The molecule has 2 N–H and O–H groups in total. The minimum Gasteiger partial charge on any atom is -0.392 e. The van der Waals surface area contributed by atoms with Gasteiger partial charge in [0.2, 0.25) is 0 Å². The van der Waals surface area contributed by atoms with E-state index in [2.05, 4.69) is 17.2 Å². The highest BCUT2D eigenvalue weighted by Crippen LogP contribution is 1.97. The Labute approximate surface area is 91.5 Å². The molecule has 3 heteroatoms. The SMILES string of the molecule is CCCC(O)CNCCc1ccncc1. The number of aliphatic hydroxyl groups is 1. The number of nitrogens with one attached hydrogen (secondary N) is 1. The smallest absolute Gasteiger partial charge is 0.0664 e. The third-order valence-corrected chi connectivity index (χ3v) is 2.34. The van der Waals surface area contributed by atoms with Crippen LogP contribution in [0.1, 0.15) is 25.3 Å². The van der Waals surface area contributed by atoms with Crippen molar-refractivity contribution < 1.29 is 5.11 Å². The van der Waals surface area contributed by atoms with Gasteiger partial charge in [0.05, 0.1) is 6.10 Å². The normalized spacial score (nSPS) is 12.7. The number of rotatable bonds is 7. The first-order chi connectivity index (χ1) is 7.33. The van der Waals surface area contributed by atoms with E-state index in [4.69, 9.17) is 0 Å². The predicted molar refractivity (Wildman–Crippen MR) is 61.7 cm³/mol. The highest BCUT2D eigenvalue weighted by Gasteiger charge is 2.00. The van der Waals surface area contributed by atoms with Gasteiger partial charge in [-0.1, -0.05) is 13.3 Å². The Bertz CT molecular complexity index is 251. The van der Waals surface area contributed by atoms with E-state index in [1.54, 1.807) is 12.4 Å². The molecule has 0 aliphatic heterocycles. The molecule has 0 amide bonds. The van der Waals surface area contributed by atoms with E-state index in [1.807, 2.05) is 12.1 Å². The second-order valence-electron chi connectivity index (χ2n) is 3.75. The van der Waals surface area contributed by atoms with Gasteiger partial charge in [0.25, 0.3) is 0 Å². The summed E-state index contributed by atoms with van der Waals surface area (Å²) in [4.78, 5) is 3.97. The molecule has 0 fully saturated rings. The molecule has 1 unspecified atom stereocenters. The maximum atomic E-state index is 9.47. The van der Waals surface area contributed by atoms with Crippen LogP contribution in [0.3, 0.4) is 0 Å². The fraction of sp³-hybridized carbons (Fsp3) is 0.583. The molecule has 0 saturated heterocycles. The first-order valence-electron chi connectivity index (χ1n) is 5.60. The van der Waals surface area contributed by atoms with Crippen LogP contribution in [0, 0.1) is 0 Å². The Hall–Kier alpha value is -0.930. The third kappa shape index (κ3) is 5.50. The fourth-order valence-corrected chi connectivity index (χ4v) is 1.49. The molecular formula is C12H20N2O. The van der Waals surface area contributed by atoms with Gasteiger partial charge in [0, 0.05) is 18.9 Å². The second-order valence-corrected chi connectivity index (χ2v) is 3.75. The molecule has 0 bridgehead atoms. The topological polar surface area (TPSA) is 45.1 Å². The van der Waals surface area contributed by atoms with E-state index in [-0.39, 0.29) is 6.10 Å². The molecule has 1 aromatic heterocycles. The van der Waals surface area contributed by atoms with Crippen LogP contribution in [-0.4, -0.2) is 29.3 Å². The summed E-state index contributed by atoms with van der Waals surface area (Å²) >= 11 is 0. The lowest BCUT2D eigenvalue weighted by atomic mass is 10.2. The lowest BCUT2D eigenvalue weighted by molar-refractivity contribution is 0.161. The average molecular weight is 208 g/mol. The van der Waals surface area contributed by atoms with Crippen LogP contribution < -0.4 is 5.32 Å². The lowest BCUT2D eigenvalue weighted by Gasteiger charge is -2.10. The molecule has 1 rings (SSSR count). The Morgan fingerprint density at radius 2 is 2.13 bits per heavy atom. The Morgan fingerprint density at radius 3 is 2.80 bits per heavy atom. The molecule has 1 heterocycles. The monoisotopic (exact) mass is 208 g/mol. The summed E-state index contributed by atoms with van der Waals surface area (Å²) in [6.45, 7) is 3.68. The van der Waals surface area contributed by atoms with Crippen LogP contribution in [0.5, 0.6) is 0 Å². The molecular weight excluding hydrogens is 188 g/mol. The minimum atomic E-state index is -0.201. The number of aromatic nitrogens is 1. The maximum Gasteiger partial charge on any atom is 0.0664 e. The second kappa shape index (κ2) is 7.37. The first-order valence-corrected chi connectivity index (χ1v) is 5.60. The number of hydrogen-bond acceptors (Lipinski definition) is 3. The van der Waals surface area contributed by atoms with Gasteiger partial charge in [-0.2, -0.15) is 0 Å². The molecule has 15 heavy (non-hydrogen) atoms. The van der Waals surface area contributed by atoms with E-state index < -0.39 is 0 Å². The zero-order valence-corrected chi connectivity index (χ0v) is 9.32. The fourth-order valence-electron chi connectivity index (χ4n) is 1.49. The predicted octanol–water partition coefficient (Wildman–Crippen LogP) is 1.37. The average Bonchev–Trinajstić information content (AvgIpc) is 2.26. The molecule has 1 aromatic rings. The van der Waals surface area contributed by atoms with Gasteiger partial charge in [-0.15, -0.1) is 0 Å².